The second-order valence-electron chi connectivity index (χ2n) is 6.85. The fourth-order valence-corrected chi connectivity index (χ4v) is 4.71. The Morgan fingerprint density at radius 2 is 1.75 bits per heavy atom. The number of sulfonamides is 1. The molecule has 3 rings (SSSR count). The molecule has 1 aliphatic rings. The highest BCUT2D eigenvalue weighted by molar-refractivity contribution is 7.92. The highest BCUT2D eigenvalue weighted by Gasteiger charge is 2.28. The average Bonchev–Trinajstić information content (AvgIpc) is 2.68. The Bertz CT molecular complexity index is 906. The summed E-state index contributed by atoms with van der Waals surface area (Å²) < 4.78 is 27.5. The van der Waals surface area contributed by atoms with E-state index in [1.807, 2.05) is 6.07 Å². The van der Waals surface area contributed by atoms with Gasteiger partial charge in [-0.15, -0.1) is 12.4 Å². The molecule has 1 heterocycles. The summed E-state index contributed by atoms with van der Waals surface area (Å²) in [5.41, 5.74) is 0.714. The molecular weight excluding hydrogens is 398 g/mol. The van der Waals surface area contributed by atoms with E-state index in [0.29, 0.717) is 11.7 Å². The number of hydrogen-bond acceptors (Lipinski definition) is 4. The van der Waals surface area contributed by atoms with E-state index in [1.54, 1.807) is 42.5 Å². The van der Waals surface area contributed by atoms with Crippen LogP contribution in [-0.4, -0.2) is 40.0 Å². The minimum absolute atomic E-state index is 0. The molecule has 1 amide bonds. The predicted octanol–water partition coefficient (Wildman–Crippen LogP) is 2.80. The lowest BCUT2D eigenvalue weighted by molar-refractivity contribution is 0.0922. The van der Waals surface area contributed by atoms with Crippen molar-refractivity contribution in [2.24, 2.45) is 0 Å². The first kappa shape index (κ1) is 22.2. The van der Waals surface area contributed by atoms with Crippen LogP contribution in [0.1, 0.15) is 30.1 Å². The maximum Gasteiger partial charge on any atom is 0.264 e. The standard InChI is InChI=1S/C20H25N3O3S.ClH/c1-15-14-16(12-13-21-15)22-20(24)18-10-6-7-11-19(18)27(25,26)23(2)17-8-4-3-5-9-17;/h3-11,15-16,21H,12-14H2,1-2H3,(H,22,24);1H. The van der Waals surface area contributed by atoms with Gasteiger partial charge in [0.2, 0.25) is 0 Å². The molecule has 2 aromatic rings. The highest BCUT2D eigenvalue weighted by Crippen LogP contribution is 2.24. The largest absolute Gasteiger partial charge is 0.349 e. The van der Waals surface area contributed by atoms with E-state index in [0.717, 1.165) is 19.4 Å². The number of carbonyl (C=O) groups is 1. The third kappa shape index (κ3) is 4.84. The fraction of sp³-hybridized carbons (Fsp3) is 0.350. The van der Waals surface area contributed by atoms with Crippen LogP contribution in [0.4, 0.5) is 5.69 Å². The van der Waals surface area contributed by atoms with Crippen molar-refractivity contribution in [3.05, 3.63) is 60.2 Å². The highest BCUT2D eigenvalue weighted by atomic mass is 35.5. The minimum atomic E-state index is -3.86. The molecule has 1 fully saturated rings. The molecule has 0 bridgehead atoms. The van der Waals surface area contributed by atoms with Gasteiger partial charge in [-0.25, -0.2) is 8.42 Å². The van der Waals surface area contributed by atoms with Gasteiger partial charge in [0.05, 0.1) is 11.3 Å². The Balaban J connectivity index is 0.00000280. The lowest BCUT2D eigenvalue weighted by Gasteiger charge is -2.29. The number of piperidine rings is 1. The van der Waals surface area contributed by atoms with E-state index >= 15 is 0 Å². The van der Waals surface area contributed by atoms with Crippen molar-refractivity contribution in [2.45, 2.75) is 36.7 Å². The van der Waals surface area contributed by atoms with Crippen LogP contribution in [0.25, 0.3) is 0 Å². The van der Waals surface area contributed by atoms with Gasteiger partial charge in [-0.2, -0.15) is 0 Å². The Hall–Kier alpha value is -2.09. The van der Waals surface area contributed by atoms with E-state index in [-0.39, 0.29) is 34.8 Å². The SMILES string of the molecule is CC1CC(NC(=O)c2ccccc2S(=O)(=O)N(C)c2ccccc2)CCN1.Cl. The maximum absolute atomic E-state index is 13.1. The van der Waals surface area contributed by atoms with Crippen LogP contribution in [0, 0.1) is 0 Å². The van der Waals surface area contributed by atoms with Crippen molar-refractivity contribution >= 4 is 34.0 Å². The molecule has 0 radical (unpaired) electrons. The third-order valence-electron chi connectivity index (χ3n) is 4.85. The molecule has 0 saturated carbocycles. The summed E-state index contributed by atoms with van der Waals surface area (Å²) in [6.07, 6.45) is 1.65. The number of anilines is 1. The minimum Gasteiger partial charge on any atom is -0.349 e. The Morgan fingerprint density at radius 1 is 1.11 bits per heavy atom. The molecule has 1 aliphatic heterocycles. The topological polar surface area (TPSA) is 78.5 Å². The van der Waals surface area contributed by atoms with Gasteiger partial charge in [0.15, 0.2) is 0 Å². The second-order valence-corrected chi connectivity index (χ2v) is 8.79. The number of halogens is 1. The molecule has 8 heteroatoms. The van der Waals surface area contributed by atoms with Gasteiger partial charge in [-0.1, -0.05) is 30.3 Å². The number of para-hydroxylation sites is 1. The van der Waals surface area contributed by atoms with Gasteiger partial charge < -0.3 is 10.6 Å². The van der Waals surface area contributed by atoms with Gasteiger partial charge >= 0.3 is 0 Å². The Kier molecular flexibility index (Phi) is 7.46. The number of amides is 1. The molecule has 2 aromatic carbocycles. The van der Waals surface area contributed by atoms with Crippen LogP contribution >= 0.6 is 12.4 Å². The van der Waals surface area contributed by atoms with Crippen LogP contribution in [0.15, 0.2) is 59.5 Å². The van der Waals surface area contributed by atoms with Crippen molar-refractivity contribution in [1.82, 2.24) is 10.6 Å². The molecule has 2 atom stereocenters. The Morgan fingerprint density at radius 3 is 2.43 bits per heavy atom. The molecule has 1 saturated heterocycles. The molecular formula is C20H26ClN3O3S. The zero-order valence-corrected chi connectivity index (χ0v) is 17.6. The van der Waals surface area contributed by atoms with Gasteiger partial charge in [-0.05, 0) is 50.6 Å². The summed E-state index contributed by atoms with van der Waals surface area (Å²) >= 11 is 0. The van der Waals surface area contributed by atoms with Gasteiger partial charge in [0.25, 0.3) is 15.9 Å². The van der Waals surface area contributed by atoms with E-state index < -0.39 is 10.0 Å². The summed E-state index contributed by atoms with van der Waals surface area (Å²) in [5, 5.41) is 6.33. The van der Waals surface area contributed by atoms with Crippen molar-refractivity contribution in [3.63, 3.8) is 0 Å². The number of benzene rings is 2. The summed E-state index contributed by atoms with van der Waals surface area (Å²) in [7, 11) is -2.37. The molecule has 152 valence electrons. The molecule has 6 nitrogen and oxygen atoms in total. The molecule has 0 spiro atoms. The summed E-state index contributed by atoms with van der Waals surface area (Å²) in [6, 6.07) is 15.5. The number of rotatable bonds is 5. The number of hydrogen-bond donors (Lipinski definition) is 2. The first-order valence-electron chi connectivity index (χ1n) is 9.07. The van der Waals surface area contributed by atoms with Gasteiger partial charge in [-0.3, -0.25) is 9.10 Å². The van der Waals surface area contributed by atoms with Gasteiger partial charge in [0.1, 0.15) is 4.90 Å². The lowest BCUT2D eigenvalue weighted by atomic mass is 10.0. The first-order valence-corrected chi connectivity index (χ1v) is 10.5. The van der Waals surface area contributed by atoms with Gasteiger partial charge in [0, 0.05) is 19.1 Å². The molecule has 0 aliphatic carbocycles. The molecule has 2 N–H and O–H groups in total. The monoisotopic (exact) mass is 423 g/mol. The zero-order valence-electron chi connectivity index (χ0n) is 16.0. The first-order chi connectivity index (χ1) is 12.9. The quantitative estimate of drug-likeness (QED) is 0.775. The number of carbonyl (C=O) groups excluding carboxylic acids is 1. The number of nitrogens with zero attached hydrogens (tertiary/aromatic N) is 1. The Labute approximate surface area is 172 Å². The smallest absolute Gasteiger partial charge is 0.264 e. The molecule has 28 heavy (non-hydrogen) atoms. The summed E-state index contributed by atoms with van der Waals surface area (Å²) in [6.45, 7) is 2.91. The predicted molar refractivity (Wildman–Crippen MR) is 114 cm³/mol. The van der Waals surface area contributed by atoms with Crippen molar-refractivity contribution < 1.29 is 13.2 Å². The average molecular weight is 424 g/mol. The fourth-order valence-electron chi connectivity index (χ4n) is 3.33. The van der Waals surface area contributed by atoms with Crippen LogP contribution in [0.5, 0.6) is 0 Å². The normalized spacial score (nSPS) is 19.4. The van der Waals surface area contributed by atoms with Crippen LogP contribution in [0.3, 0.4) is 0 Å². The van der Waals surface area contributed by atoms with E-state index in [9.17, 15) is 13.2 Å². The zero-order chi connectivity index (χ0) is 19.4. The van der Waals surface area contributed by atoms with Crippen LogP contribution in [0.2, 0.25) is 0 Å². The summed E-state index contributed by atoms with van der Waals surface area (Å²) in [5.74, 6) is -0.352. The summed E-state index contributed by atoms with van der Waals surface area (Å²) in [4.78, 5) is 12.8. The van der Waals surface area contributed by atoms with E-state index in [4.69, 9.17) is 0 Å². The van der Waals surface area contributed by atoms with Crippen LogP contribution in [-0.2, 0) is 10.0 Å². The molecule has 0 aromatic heterocycles. The van der Waals surface area contributed by atoms with E-state index in [2.05, 4.69) is 17.6 Å². The van der Waals surface area contributed by atoms with E-state index in [1.165, 1.54) is 17.4 Å². The second kappa shape index (κ2) is 9.41. The third-order valence-corrected chi connectivity index (χ3v) is 6.69. The van der Waals surface area contributed by atoms with Crippen molar-refractivity contribution in [3.8, 4) is 0 Å². The molecule has 2 unspecified atom stereocenters. The lowest BCUT2D eigenvalue weighted by Crippen LogP contribution is -2.46. The van der Waals surface area contributed by atoms with Crippen LogP contribution < -0.4 is 14.9 Å². The van der Waals surface area contributed by atoms with Crippen molar-refractivity contribution in [2.75, 3.05) is 17.9 Å². The maximum atomic E-state index is 13.1. The number of nitrogens with one attached hydrogen (secondary N) is 2. The van der Waals surface area contributed by atoms with Crippen molar-refractivity contribution in [1.29, 1.82) is 0 Å².